The average molecular weight is 373 g/mol. The van der Waals surface area contributed by atoms with Crippen molar-refractivity contribution in [1.29, 1.82) is 0 Å². The number of esters is 1. The second-order valence-electron chi connectivity index (χ2n) is 5.66. The molecule has 0 aliphatic carbocycles. The molecule has 2 aromatic carbocycles. The lowest BCUT2D eigenvalue weighted by molar-refractivity contribution is -0.150. The maximum atomic E-state index is 12.5. The molecule has 5 nitrogen and oxygen atoms in total. The first-order valence-corrected chi connectivity index (χ1v) is 8.53. The van der Waals surface area contributed by atoms with Gasteiger partial charge in [-0.2, -0.15) is 0 Å². The summed E-state index contributed by atoms with van der Waals surface area (Å²) in [7, 11) is 0. The molecule has 0 fully saturated rings. The average Bonchev–Trinajstić information content (AvgIpc) is 2.90. The van der Waals surface area contributed by atoms with Gasteiger partial charge in [0.2, 0.25) is 5.78 Å². The van der Waals surface area contributed by atoms with Crippen LogP contribution in [-0.2, 0) is 9.53 Å². The highest BCUT2D eigenvalue weighted by Crippen LogP contribution is 2.35. The predicted molar refractivity (Wildman–Crippen MR) is 97.6 cm³/mol. The van der Waals surface area contributed by atoms with Crippen molar-refractivity contribution in [3.63, 3.8) is 0 Å². The fraction of sp³-hybridized carbons (Fsp3) is 0.200. The molecule has 3 rings (SSSR count). The van der Waals surface area contributed by atoms with E-state index in [4.69, 9.17) is 25.8 Å². The van der Waals surface area contributed by atoms with E-state index in [1.54, 1.807) is 56.3 Å². The SMILES string of the molecule is CCOC(=O)C(C)Oc1ccc2c(c1)OC(=Cc1cccc(Cl)c1)C2=O. The van der Waals surface area contributed by atoms with Gasteiger partial charge in [0.1, 0.15) is 11.5 Å². The van der Waals surface area contributed by atoms with E-state index in [1.165, 1.54) is 0 Å². The lowest BCUT2D eigenvalue weighted by Gasteiger charge is -2.13. The minimum atomic E-state index is -0.758. The van der Waals surface area contributed by atoms with Crippen LogP contribution in [0.1, 0.15) is 29.8 Å². The van der Waals surface area contributed by atoms with E-state index in [0.29, 0.717) is 22.1 Å². The number of hydrogen-bond acceptors (Lipinski definition) is 5. The van der Waals surface area contributed by atoms with Crippen LogP contribution in [-0.4, -0.2) is 24.5 Å². The number of halogens is 1. The molecule has 0 aromatic heterocycles. The van der Waals surface area contributed by atoms with Gasteiger partial charge in [-0.15, -0.1) is 0 Å². The summed E-state index contributed by atoms with van der Waals surface area (Å²) >= 11 is 5.96. The van der Waals surface area contributed by atoms with Crippen molar-refractivity contribution in [3.8, 4) is 11.5 Å². The molecule has 26 heavy (non-hydrogen) atoms. The molecule has 1 aliphatic heterocycles. The van der Waals surface area contributed by atoms with Crippen LogP contribution in [0.4, 0.5) is 0 Å². The molecule has 0 spiro atoms. The molecular weight excluding hydrogens is 356 g/mol. The number of benzene rings is 2. The molecule has 1 aliphatic rings. The van der Waals surface area contributed by atoms with E-state index in [1.807, 2.05) is 6.07 Å². The smallest absolute Gasteiger partial charge is 0.347 e. The summed E-state index contributed by atoms with van der Waals surface area (Å²) < 4.78 is 16.1. The van der Waals surface area contributed by atoms with Gasteiger partial charge in [0.15, 0.2) is 11.9 Å². The first-order valence-electron chi connectivity index (χ1n) is 8.15. The molecule has 1 heterocycles. The fourth-order valence-electron chi connectivity index (χ4n) is 2.50. The van der Waals surface area contributed by atoms with Crippen molar-refractivity contribution >= 4 is 29.4 Å². The van der Waals surface area contributed by atoms with Crippen molar-refractivity contribution in [2.75, 3.05) is 6.61 Å². The number of allylic oxidation sites excluding steroid dienone is 1. The van der Waals surface area contributed by atoms with Gasteiger partial charge in [-0.3, -0.25) is 4.79 Å². The number of ether oxygens (including phenoxy) is 3. The topological polar surface area (TPSA) is 61.8 Å². The lowest BCUT2D eigenvalue weighted by atomic mass is 10.1. The number of hydrogen-bond donors (Lipinski definition) is 0. The van der Waals surface area contributed by atoms with Gasteiger partial charge in [0, 0.05) is 11.1 Å². The Morgan fingerprint density at radius 2 is 2.08 bits per heavy atom. The Balaban J connectivity index is 1.79. The highest BCUT2D eigenvalue weighted by atomic mass is 35.5. The summed E-state index contributed by atoms with van der Waals surface area (Å²) in [6.45, 7) is 3.61. The van der Waals surface area contributed by atoms with Gasteiger partial charge in [-0.25, -0.2) is 4.79 Å². The Morgan fingerprint density at radius 3 is 2.81 bits per heavy atom. The molecular formula is C20H17ClO5. The first-order chi connectivity index (χ1) is 12.5. The standard InChI is InChI=1S/C20H17ClO5/c1-3-24-20(23)12(2)25-15-7-8-16-17(11-15)26-18(19(16)22)10-13-5-4-6-14(21)9-13/h4-12H,3H2,1-2H3. The van der Waals surface area contributed by atoms with Crippen LogP contribution in [0.5, 0.6) is 11.5 Å². The summed E-state index contributed by atoms with van der Waals surface area (Å²) in [5.41, 5.74) is 1.20. The quantitative estimate of drug-likeness (QED) is 0.579. The molecule has 2 aromatic rings. The highest BCUT2D eigenvalue weighted by Gasteiger charge is 2.28. The Kier molecular flexibility index (Phi) is 5.28. The van der Waals surface area contributed by atoms with E-state index < -0.39 is 12.1 Å². The molecule has 134 valence electrons. The second-order valence-corrected chi connectivity index (χ2v) is 6.10. The first kappa shape index (κ1) is 18.0. The van der Waals surface area contributed by atoms with Crippen LogP contribution in [0, 0.1) is 0 Å². The van der Waals surface area contributed by atoms with Crippen LogP contribution >= 0.6 is 11.6 Å². The maximum Gasteiger partial charge on any atom is 0.347 e. The number of fused-ring (bicyclic) bond motifs is 1. The molecule has 0 bridgehead atoms. The zero-order valence-corrected chi connectivity index (χ0v) is 15.1. The Bertz CT molecular complexity index is 888. The summed E-state index contributed by atoms with van der Waals surface area (Å²) in [6, 6.07) is 11.9. The minimum absolute atomic E-state index is 0.206. The summed E-state index contributed by atoms with van der Waals surface area (Å²) in [5, 5.41) is 0.575. The van der Waals surface area contributed by atoms with Crippen molar-refractivity contribution < 1.29 is 23.8 Å². The van der Waals surface area contributed by atoms with Gasteiger partial charge in [-0.1, -0.05) is 23.7 Å². The predicted octanol–water partition coefficient (Wildman–Crippen LogP) is 4.29. The van der Waals surface area contributed by atoms with E-state index >= 15 is 0 Å². The van der Waals surface area contributed by atoms with E-state index in [9.17, 15) is 9.59 Å². The van der Waals surface area contributed by atoms with Crippen molar-refractivity contribution in [3.05, 3.63) is 64.4 Å². The lowest BCUT2D eigenvalue weighted by Crippen LogP contribution is -2.26. The van der Waals surface area contributed by atoms with Gasteiger partial charge < -0.3 is 14.2 Å². The van der Waals surface area contributed by atoms with E-state index in [0.717, 1.165) is 5.56 Å². The van der Waals surface area contributed by atoms with Crippen molar-refractivity contribution in [1.82, 2.24) is 0 Å². The largest absolute Gasteiger partial charge is 0.479 e. The third-order valence-electron chi connectivity index (χ3n) is 3.72. The summed E-state index contributed by atoms with van der Waals surface area (Å²) in [5.74, 6) is 0.340. The molecule has 0 saturated heterocycles. The third-order valence-corrected chi connectivity index (χ3v) is 3.95. The second kappa shape index (κ2) is 7.62. The van der Waals surface area contributed by atoms with Crippen LogP contribution in [0.3, 0.4) is 0 Å². The van der Waals surface area contributed by atoms with Crippen LogP contribution in [0.15, 0.2) is 48.2 Å². The van der Waals surface area contributed by atoms with Crippen LogP contribution in [0.25, 0.3) is 6.08 Å². The number of carbonyl (C=O) groups excluding carboxylic acids is 2. The Labute approximate surface area is 156 Å². The molecule has 0 radical (unpaired) electrons. The van der Waals surface area contributed by atoms with Crippen LogP contribution in [0.2, 0.25) is 5.02 Å². The van der Waals surface area contributed by atoms with Gasteiger partial charge in [0.05, 0.1) is 12.2 Å². The summed E-state index contributed by atoms with van der Waals surface area (Å²) in [4.78, 5) is 24.1. The minimum Gasteiger partial charge on any atom is -0.479 e. The normalized spacial score (nSPS) is 15.3. The number of carbonyl (C=O) groups is 2. The molecule has 6 heteroatoms. The van der Waals surface area contributed by atoms with Gasteiger partial charge in [0.25, 0.3) is 0 Å². The molecule has 1 unspecified atom stereocenters. The molecule has 0 amide bonds. The third kappa shape index (κ3) is 3.89. The molecule has 1 atom stereocenters. The van der Waals surface area contributed by atoms with Crippen molar-refractivity contribution in [2.24, 2.45) is 0 Å². The zero-order chi connectivity index (χ0) is 18.7. The Morgan fingerprint density at radius 1 is 1.27 bits per heavy atom. The number of ketones is 1. The monoisotopic (exact) mass is 372 g/mol. The molecule has 0 N–H and O–H groups in total. The zero-order valence-electron chi connectivity index (χ0n) is 14.3. The Hall–Kier alpha value is -2.79. The fourth-order valence-corrected chi connectivity index (χ4v) is 2.70. The van der Waals surface area contributed by atoms with Crippen LogP contribution < -0.4 is 9.47 Å². The van der Waals surface area contributed by atoms with Gasteiger partial charge in [-0.05, 0) is 49.8 Å². The number of rotatable bonds is 5. The summed E-state index contributed by atoms with van der Waals surface area (Å²) in [6.07, 6.45) is 0.877. The van der Waals surface area contributed by atoms with Crippen molar-refractivity contribution in [2.45, 2.75) is 20.0 Å². The van der Waals surface area contributed by atoms with E-state index in [-0.39, 0.29) is 18.1 Å². The molecule has 0 saturated carbocycles. The van der Waals surface area contributed by atoms with Gasteiger partial charge >= 0.3 is 5.97 Å². The highest BCUT2D eigenvalue weighted by molar-refractivity contribution is 6.30. The van der Waals surface area contributed by atoms with E-state index in [2.05, 4.69) is 0 Å². The maximum absolute atomic E-state index is 12.5. The number of Topliss-reactive ketones (excluding diaryl/α,β-unsaturated/α-hetero) is 1.